The number of rotatable bonds is 6. The van der Waals surface area contributed by atoms with Gasteiger partial charge in [0.15, 0.2) is 0 Å². The van der Waals surface area contributed by atoms with Gasteiger partial charge in [-0.3, -0.25) is 9.78 Å². The van der Waals surface area contributed by atoms with E-state index in [1.165, 1.54) is 11.0 Å². The van der Waals surface area contributed by atoms with Gasteiger partial charge in [-0.2, -0.15) is 4.31 Å². The van der Waals surface area contributed by atoms with E-state index in [9.17, 15) is 18.0 Å². The molecule has 2 fully saturated rings. The molecule has 2 aliphatic heterocycles. The summed E-state index contributed by atoms with van der Waals surface area (Å²) in [6.07, 6.45) is 5.23. The average Bonchev–Trinajstić information content (AvgIpc) is 2.93. The number of anilines is 1. The fourth-order valence-corrected chi connectivity index (χ4v) is 7.08. The van der Waals surface area contributed by atoms with Crippen LogP contribution in [0.15, 0.2) is 65.8 Å². The van der Waals surface area contributed by atoms with Crippen LogP contribution in [0.2, 0.25) is 5.02 Å². The molecule has 1 atom stereocenters. The summed E-state index contributed by atoms with van der Waals surface area (Å²) < 4.78 is 34.2. The molecule has 9 nitrogen and oxygen atoms in total. The van der Waals surface area contributed by atoms with Crippen LogP contribution in [0.25, 0.3) is 10.8 Å². The van der Waals surface area contributed by atoms with Gasteiger partial charge < -0.3 is 14.5 Å². The third kappa shape index (κ3) is 6.66. The maximum absolute atomic E-state index is 13.7. The zero-order chi connectivity index (χ0) is 29.4. The average molecular weight is 599 g/mol. The Morgan fingerprint density at radius 1 is 1.02 bits per heavy atom. The molecular weight excluding hydrogens is 564 g/mol. The van der Waals surface area contributed by atoms with E-state index in [1.807, 2.05) is 12.1 Å². The highest BCUT2D eigenvalue weighted by molar-refractivity contribution is 7.89. The quantitative estimate of drug-likeness (QED) is 0.389. The van der Waals surface area contributed by atoms with Gasteiger partial charge in [0.05, 0.1) is 11.4 Å². The minimum atomic E-state index is -4.07. The fourth-order valence-electron chi connectivity index (χ4n) is 5.47. The number of piperidine rings is 1. The Labute approximate surface area is 246 Å². The molecule has 2 aliphatic rings. The summed E-state index contributed by atoms with van der Waals surface area (Å²) in [7, 11) is -4.07. The molecule has 0 N–H and O–H groups in total. The summed E-state index contributed by atoms with van der Waals surface area (Å²) in [5.41, 5.74) is 0.319. The van der Waals surface area contributed by atoms with Crippen molar-refractivity contribution in [2.45, 2.75) is 50.2 Å². The number of hydrogen-bond donors (Lipinski definition) is 0. The van der Waals surface area contributed by atoms with E-state index in [4.69, 9.17) is 16.3 Å². The van der Waals surface area contributed by atoms with E-state index in [-0.39, 0.29) is 23.9 Å². The largest absolute Gasteiger partial charge is 0.458 e. The zero-order valence-corrected chi connectivity index (χ0v) is 25.1. The first-order valence-electron chi connectivity index (χ1n) is 13.8. The number of ether oxygens (including phenoxy) is 1. The lowest BCUT2D eigenvalue weighted by Crippen LogP contribution is -2.62. The van der Waals surface area contributed by atoms with Gasteiger partial charge in [0.25, 0.3) is 0 Å². The van der Waals surface area contributed by atoms with Crippen molar-refractivity contribution in [1.82, 2.24) is 14.2 Å². The number of hydrogen-bond acceptors (Lipinski definition) is 7. The van der Waals surface area contributed by atoms with Crippen LogP contribution in [0.3, 0.4) is 0 Å². The van der Waals surface area contributed by atoms with Crippen molar-refractivity contribution in [3.8, 4) is 0 Å². The SMILES string of the molecule is CC(C)(C)OC(=O)C1CN(S(=O)(=O)c2ccc3cc(Cl)ccc3c2)CC(=O)N1CC1CCN(c2ccncc2)CC1. The van der Waals surface area contributed by atoms with Gasteiger partial charge >= 0.3 is 5.97 Å². The van der Waals surface area contributed by atoms with Crippen molar-refractivity contribution in [3.05, 3.63) is 65.9 Å². The van der Waals surface area contributed by atoms with Crippen molar-refractivity contribution in [3.63, 3.8) is 0 Å². The Morgan fingerprint density at radius 3 is 2.37 bits per heavy atom. The van der Waals surface area contributed by atoms with Crippen LogP contribution in [0.4, 0.5) is 5.69 Å². The molecule has 0 radical (unpaired) electrons. The van der Waals surface area contributed by atoms with Crippen LogP contribution in [-0.2, 0) is 24.3 Å². The Bertz CT molecular complexity index is 1540. The van der Waals surface area contributed by atoms with Crippen LogP contribution < -0.4 is 4.90 Å². The molecule has 2 saturated heterocycles. The number of halogens is 1. The maximum atomic E-state index is 13.7. The van der Waals surface area contributed by atoms with Crippen molar-refractivity contribution in [2.75, 3.05) is 37.6 Å². The van der Waals surface area contributed by atoms with Gasteiger partial charge in [-0.1, -0.05) is 23.7 Å². The molecular formula is C30H35ClN4O5S. The first-order valence-corrected chi connectivity index (χ1v) is 15.6. The highest BCUT2D eigenvalue weighted by Crippen LogP contribution is 2.29. The van der Waals surface area contributed by atoms with Crippen LogP contribution in [-0.4, -0.2) is 78.9 Å². The molecule has 3 aromatic rings. The number of carbonyl (C=O) groups excluding carboxylic acids is 2. The Balaban J connectivity index is 1.35. The number of esters is 1. The van der Waals surface area contributed by atoms with Crippen LogP contribution in [0.1, 0.15) is 33.6 Å². The van der Waals surface area contributed by atoms with E-state index < -0.39 is 33.5 Å². The molecule has 1 aromatic heterocycles. The molecule has 0 bridgehead atoms. The van der Waals surface area contributed by atoms with Crippen LogP contribution in [0, 0.1) is 5.92 Å². The lowest BCUT2D eigenvalue weighted by Gasteiger charge is -2.42. The molecule has 1 unspecified atom stereocenters. The number of amides is 1. The van der Waals surface area contributed by atoms with Gasteiger partial charge in [0.2, 0.25) is 15.9 Å². The predicted octanol–water partition coefficient (Wildman–Crippen LogP) is 4.35. The molecule has 5 rings (SSSR count). The maximum Gasteiger partial charge on any atom is 0.330 e. The second-order valence-electron chi connectivity index (χ2n) is 11.7. The standard InChI is InChI=1S/C30H35ClN4O5S/c1-30(2,3)40-29(37)27-19-34(41(38,39)26-7-5-22-16-24(31)6-4-23(22)17-26)20-28(36)35(27)18-21-10-14-33(15-11-21)25-8-12-32-13-9-25/h4-9,12-13,16-17,21,27H,10-11,14-15,18-20H2,1-3H3. The molecule has 41 heavy (non-hydrogen) atoms. The topological polar surface area (TPSA) is 100 Å². The molecule has 1 amide bonds. The number of piperazine rings is 1. The Hall–Kier alpha value is -3.21. The summed E-state index contributed by atoms with van der Waals surface area (Å²) in [4.78, 5) is 34.9. The molecule has 218 valence electrons. The monoisotopic (exact) mass is 598 g/mol. The van der Waals surface area contributed by atoms with Crippen molar-refractivity contribution in [1.29, 1.82) is 0 Å². The smallest absolute Gasteiger partial charge is 0.330 e. The number of sulfonamides is 1. The van der Waals surface area contributed by atoms with Crippen LogP contribution in [0.5, 0.6) is 0 Å². The summed E-state index contributed by atoms with van der Waals surface area (Å²) in [5, 5.41) is 2.07. The lowest BCUT2D eigenvalue weighted by molar-refractivity contribution is -0.168. The van der Waals surface area contributed by atoms with Gasteiger partial charge in [0, 0.05) is 49.3 Å². The van der Waals surface area contributed by atoms with E-state index in [2.05, 4.69) is 9.88 Å². The molecule has 2 aromatic carbocycles. The first-order chi connectivity index (χ1) is 19.4. The third-order valence-electron chi connectivity index (χ3n) is 7.57. The first kappa shape index (κ1) is 29.3. The molecule has 0 spiro atoms. The van der Waals surface area contributed by atoms with Crippen molar-refractivity contribution in [2.24, 2.45) is 5.92 Å². The molecule has 0 aliphatic carbocycles. The Morgan fingerprint density at radius 2 is 1.68 bits per heavy atom. The number of fused-ring (bicyclic) bond motifs is 1. The predicted molar refractivity (Wildman–Crippen MR) is 158 cm³/mol. The second-order valence-corrected chi connectivity index (χ2v) is 14.1. The fraction of sp³-hybridized carbons (Fsp3) is 0.433. The summed E-state index contributed by atoms with van der Waals surface area (Å²) in [6.45, 7) is 6.77. The van der Waals surface area contributed by atoms with Gasteiger partial charge in [-0.25, -0.2) is 13.2 Å². The molecule has 3 heterocycles. The minimum Gasteiger partial charge on any atom is -0.458 e. The van der Waals surface area contributed by atoms with Gasteiger partial charge in [-0.15, -0.1) is 0 Å². The number of nitrogens with zero attached hydrogens (tertiary/aromatic N) is 4. The number of aromatic nitrogens is 1. The van der Waals surface area contributed by atoms with Crippen molar-refractivity contribution >= 4 is 50.0 Å². The number of carbonyl (C=O) groups is 2. The summed E-state index contributed by atoms with van der Waals surface area (Å²) in [6, 6.07) is 12.9. The van der Waals surface area contributed by atoms with Crippen LogP contribution >= 0.6 is 11.6 Å². The normalized spacial score (nSPS) is 19.5. The lowest BCUT2D eigenvalue weighted by atomic mass is 9.94. The number of benzene rings is 2. The van der Waals surface area contributed by atoms with Gasteiger partial charge in [0.1, 0.15) is 11.6 Å². The molecule has 0 saturated carbocycles. The van der Waals surface area contributed by atoms with E-state index >= 15 is 0 Å². The summed E-state index contributed by atoms with van der Waals surface area (Å²) >= 11 is 6.08. The third-order valence-corrected chi connectivity index (χ3v) is 9.62. The van der Waals surface area contributed by atoms with Crippen molar-refractivity contribution < 1.29 is 22.7 Å². The second kappa shape index (κ2) is 11.6. The Kier molecular flexibility index (Phi) is 8.27. The van der Waals surface area contributed by atoms with E-state index in [1.54, 1.807) is 63.5 Å². The minimum absolute atomic E-state index is 0.0556. The highest BCUT2D eigenvalue weighted by Gasteiger charge is 2.44. The van der Waals surface area contributed by atoms with E-state index in [0.717, 1.165) is 41.3 Å². The number of pyridine rings is 1. The molecule has 11 heteroatoms. The zero-order valence-electron chi connectivity index (χ0n) is 23.5. The van der Waals surface area contributed by atoms with E-state index in [0.29, 0.717) is 17.0 Å². The van der Waals surface area contributed by atoms with Gasteiger partial charge in [-0.05, 0) is 86.7 Å². The summed E-state index contributed by atoms with van der Waals surface area (Å²) in [5.74, 6) is -0.828. The highest BCUT2D eigenvalue weighted by atomic mass is 35.5.